The Hall–Kier alpha value is -2.48. The van der Waals surface area contributed by atoms with Gasteiger partial charge in [0, 0.05) is 25.0 Å². The molecule has 2 aliphatic heterocycles. The number of nitrogens with one attached hydrogen (secondary N) is 1. The van der Waals surface area contributed by atoms with Gasteiger partial charge in [0.05, 0.1) is 19.9 Å². The van der Waals surface area contributed by atoms with E-state index < -0.39 is 0 Å². The van der Waals surface area contributed by atoms with Crippen molar-refractivity contribution in [1.82, 2.24) is 9.80 Å². The molecule has 0 spiro atoms. The summed E-state index contributed by atoms with van der Waals surface area (Å²) in [4.78, 5) is 27.8. The lowest BCUT2D eigenvalue weighted by Crippen LogP contribution is -2.63. The Labute approximate surface area is 153 Å². The summed E-state index contributed by atoms with van der Waals surface area (Å²) in [7, 11) is 3.10. The second kappa shape index (κ2) is 7.82. The van der Waals surface area contributed by atoms with Crippen molar-refractivity contribution in [2.24, 2.45) is 11.7 Å². The number of amides is 3. The molecule has 0 aliphatic carbocycles. The number of primary amides is 1. The molecule has 2 fully saturated rings. The van der Waals surface area contributed by atoms with Gasteiger partial charge in [0.2, 0.25) is 5.91 Å². The Bertz CT molecular complexity index is 667. The second-order valence-corrected chi connectivity index (χ2v) is 6.74. The fourth-order valence-electron chi connectivity index (χ4n) is 3.58. The van der Waals surface area contributed by atoms with Gasteiger partial charge in [0.15, 0.2) is 11.5 Å². The minimum Gasteiger partial charge on any atom is -0.493 e. The molecule has 8 nitrogen and oxygen atoms in total. The van der Waals surface area contributed by atoms with E-state index in [9.17, 15) is 9.59 Å². The van der Waals surface area contributed by atoms with E-state index in [1.54, 1.807) is 37.3 Å². The number of nitrogens with zero attached hydrogens (tertiary/aromatic N) is 2. The Morgan fingerprint density at radius 3 is 2.42 bits per heavy atom. The van der Waals surface area contributed by atoms with Gasteiger partial charge >= 0.3 is 6.03 Å². The summed E-state index contributed by atoms with van der Waals surface area (Å²) in [6.45, 7) is 3.08. The summed E-state index contributed by atoms with van der Waals surface area (Å²) in [6, 6.07) is 5.56. The molecule has 142 valence electrons. The van der Waals surface area contributed by atoms with Gasteiger partial charge in [0.25, 0.3) is 0 Å². The van der Waals surface area contributed by atoms with Gasteiger partial charge in [-0.2, -0.15) is 0 Å². The van der Waals surface area contributed by atoms with E-state index in [0.29, 0.717) is 36.3 Å². The fraction of sp³-hybridized carbons (Fsp3) is 0.556. The minimum absolute atomic E-state index is 0.00810. The molecule has 0 saturated carbocycles. The van der Waals surface area contributed by atoms with Crippen LogP contribution in [0.2, 0.25) is 0 Å². The van der Waals surface area contributed by atoms with Crippen LogP contribution in [0.1, 0.15) is 12.8 Å². The average Bonchev–Trinajstić information content (AvgIpc) is 2.60. The van der Waals surface area contributed by atoms with Crippen LogP contribution >= 0.6 is 0 Å². The van der Waals surface area contributed by atoms with Gasteiger partial charge < -0.3 is 25.4 Å². The number of para-hydroxylation sites is 1. The molecule has 26 heavy (non-hydrogen) atoms. The molecule has 2 aliphatic rings. The van der Waals surface area contributed by atoms with Crippen LogP contribution in [0.5, 0.6) is 11.5 Å². The molecule has 1 aromatic rings. The number of hydrogen-bond acceptors (Lipinski definition) is 5. The van der Waals surface area contributed by atoms with Crippen molar-refractivity contribution < 1.29 is 19.1 Å². The highest BCUT2D eigenvalue weighted by molar-refractivity contribution is 5.92. The molecule has 3 N–H and O–H groups in total. The average molecular weight is 362 g/mol. The SMILES string of the molecule is COc1cccc(NC(=O)N2CC(N3CCC(C(N)=O)CC3)C2)c1OC. The Morgan fingerprint density at radius 2 is 1.85 bits per heavy atom. The number of piperidine rings is 1. The molecule has 8 heteroatoms. The van der Waals surface area contributed by atoms with Crippen molar-refractivity contribution in [3.8, 4) is 11.5 Å². The van der Waals surface area contributed by atoms with Crippen LogP contribution in [0, 0.1) is 5.92 Å². The van der Waals surface area contributed by atoms with Crippen molar-refractivity contribution in [2.45, 2.75) is 18.9 Å². The summed E-state index contributed by atoms with van der Waals surface area (Å²) >= 11 is 0. The monoisotopic (exact) mass is 362 g/mol. The van der Waals surface area contributed by atoms with Crippen LogP contribution in [0.15, 0.2) is 18.2 Å². The number of benzene rings is 1. The summed E-state index contributed by atoms with van der Waals surface area (Å²) in [5.41, 5.74) is 5.96. The van der Waals surface area contributed by atoms with Crippen LogP contribution in [0.25, 0.3) is 0 Å². The van der Waals surface area contributed by atoms with E-state index >= 15 is 0 Å². The lowest BCUT2D eigenvalue weighted by atomic mass is 9.94. The number of urea groups is 1. The number of nitrogens with two attached hydrogens (primary N) is 1. The predicted octanol–water partition coefficient (Wildman–Crippen LogP) is 1.12. The van der Waals surface area contributed by atoms with Gasteiger partial charge in [-0.05, 0) is 38.1 Å². The van der Waals surface area contributed by atoms with E-state index in [1.165, 1.54) is 0 Å². The zero-order valence-corrected chi connectivity index (χ0v) is 15.2. The van der Waals surface area contributed by atoms with E-state index in [0.717, 1.165) is 25.9 Å². The quantitative estimate of drug-likeness (QED) is 0.818. The molecule has 2 saturated heterocycles. The zero-order valence-electron chi connectivity index (χ0n) is 15.2. The van der Waals surface area contributed by atoms with E-state index in [-0.39, 0.29) is 17.9 Å². The van der Waals surface area contributed by atoms with Crippen LogP contribution in [0.4, 0.5) is 10.5 Å². The highest BCUT2D eigenvalue weighted by Gasteiger charge is 2.37. The molecule has 0 radical (unpaired) electrons. The third kappa shape index (κ3) is 3.70. The van der Waals surface area contributed by atoms with Crippen LogP contribution in [-0.2, 0) is 4.79 Å². The first kappa shape index (κ1) is 18.3. The number of methoxy groups -OCH3 is 2. The summed E-state index contributed by atoms with van der Waals surface area (Å²) in [6.07, 6.45) is 1.61. The van der Waals surface area contributed by atoms with Gasteiger partial charge in [0.1, 0.15) is 0 Å². The fourth-order valence-corrected chi connectivity index (χ4v) is 3.58. The molecule has 0 bridgehead atoms. The topological polar surface area (TPSA) is 97.1 Å². The standard InChI is InChI=1S/C18H26N4O4/c1-25-15-5-3-4-14(16(15)26-2)20-18(24)22-10-13(11-22)21-8-6-12(7-9-21)17(19)23/h3-5,12-13H,6-11H2,1-2H3,(H2,19,23)(H,20,24). The Morgan fingerprint density at radius 1 is 1.15 bits per heavy atom. The number of carbonyl (C=O) groups excluding carboxylic acids is 2. The van der Waals surface area contributed by atoms with Crippen molar-refractivity contribution in [3.63, 3.8) is 0 Å². The second-order valence-electron chi connectivity index (χ2n) is 6.74. The summed E-state index contributed by atoms with van der Waals surface area (Å²) in [5, 5.41) is 2.89. The molecule has 0 aromatic heterocycles. The number of ether oxygens (including phenoxy) is 2. The van der Waals surface area contributed by atoms with Gasteiger partial charge in [-0.25, -0.2) is 4.79 Å². The third-order valence-electron chi connectivity index (χ3n) is 5.24. The molecule has 3 rings (SSSR count). The molecule has 3 amide bonds. The van der Waals surface area contributed by atoms with Crippen LogP contribution in [-0.4, -0.2) is 68.2 Å². The first-order valence-electron chi connectivity index (χ1n) is 8.83. The van der Waals surface area contributed by atoms with E-state index in [2.05, 4.69) is 10.2 Å². The maximum Gasteiger partial charge on any atom is 0.322 e. The molecular weight excluding hydrogens is 336 g/mol. The summed E-state index contributed by atoms with van der Waals surface area (Å²) in [5.74, 6) is 0.871. The van der Waals surface area contributed by atoms with E-state index in [4.69, 9.17) is 15.2 Å². The minimum atomic E-state index is -0.202. The smallest absolute Gasteiger partial charge is 0.322 e. The first-order chi connectivity index (χ1) is 12.5. The Balaban J connectivity index is 1.51. The lowest BCUT2D eigenvalue weighted by molar-refractivity contribution is -0.123. The maximum absolute atomic E-state index is 12.5. The summed E-state index contributed by atoms with van der Waals surface area (Å²) < 4.78 is 10.6. The number of carbonyl (C=O) groups is 2. The van der Waals surface area contributed by atoms with Crippen molar-refractivity contribution in [2.75, 3.05) is 45.7 Å². The first-order valence-corrected chi connectivity index (χ1v) is 8.83. The van der Waals surface area contributed by atoms with Crippen LogP contribution < -0.4 is 20.5 Å². The zero-order chi connectivity index (χ0) is 18.7. The van der Waals surface area contributed by atoms with Crippen molar-refractivity contribution >= 4 is 17.6 Å². The van der Waals surface area contributed by atoms with Crippen molar-refractivity contribution in [1.29, 1.82) is 0 Å². The Kier molecular flexibility index (Phi) is 5.51. The number of likely N-dealkylation sites (tertiary alicyclic amines) is 2. The van der Waals surface area contributed by atoms with Gasteiger partial charge in [-0.3, -0.25) is 9.69 Å². The van der Waals surface area contributed by atoms with Crippen molar-refractivity contribution in [3.05, 3.63) is 18.2 Å². The highest BCUT2D eigenvalue weighted by atomic mass is 16.5. The lowest BCUT2D eigenvalue weighted by Gasteiger charge is -2.47. The van der Waals surface area contributed by atoms with Gasteiger partial charge in [-0.1, -0.05) is 6.07 Å². The third-order valence-corrected chi connectivity index (χ3v) is 5.24. The molecule has 1 aromatic carbocycles. The number of rotatable bonds is 5. The van der Waals surface area contributed by atoms with Crippen LogP contribution in [0.3, 0.4) is 0 Å². The molecular formula is C18H26N4O4. The number of hydrogen-bond donors (Lipinski definition) is 2. The van der Waals surface area contributed by atoms with E-state index in [1.807, 2.05) is 0 Å². The highest BCUT2D eigenvalue weighted by Crippen LogP contribution is 2.35. The maximum atomic E-state index is 12.5. The predicted molar refractivity (Wildman–Crippen MR) is 97.4 cm³/mol. The molecule has 0 unspecified atom stereocenters. The molecule has 0 atom stereocenters. The van der Waals surface area contributed by atoms with Gasteiger partial charge in [-0.15, -0.1) is 0 Å². The largest absolute Gasteiger partial charge is 0.493 e. The number of anilines is 1. The normalized spacial score (nSPS) is 18.9. The molecule has 2 heterocycles.